The van der Waals surface area contributed by atoms with Crippen molar-refractivity contribution >= 4 is 27.4 Å². The molecule has 0 aliphatic heterocycles. The molecule has 0 aliphatic rings. The molecule has 0 spiro atoms. The minimum Gasteiger partial charge on any atom is -0.324 e. The number of pyridine rings is 1. The van der Waals surface area contributed by atoms with E-state index in [9.17, 15) is 4.39 Å². The highest BCUT2D eigenvalue weighted by atomic mass is 79.9. The van der Waals surface area contributed by atoms with Gasteiger partial charge in [-0.3, -0.25) is 0 Å². The van der Waals surface area contributed by atoms with Crippen molar-refractivity contribution in [3.63, 3.8) is 0 Å². The first kappa shape index (κ1) is 14.9. The highest BCUT2D eigenvalue weighted by molar-refractivity contribution is 9.10. The van der Waals surface area contributed by atoms with Crippen LogP contribution >= 0.6 is 15.9 Å². The topological polar surface area (TPSA) is 28.2 Å². The predicted octanol–water partition coefficient (Wildman–Crippen LogP) is 3.86. The van der Waals surface area contributed by atoms with Gasteiger partial charge in [0.05, 0.1) is 5.69 Å². The Bertz CT molecular complexity index is 589. The van der Waals surface area contributed by atoms with Crippen LogP contribution in [0.25, 0.3) is 0 Å². The second kappa shape index (κ2) is 6.81. The first-order valence-corrected chi connectivity index (χ1v) is 7.27. The molecule has 1 heterocycles. The number of halogens is 2. The lowest BCUT2D eigenvalue weighted by molar-refractivity contribution is 0.625. The first-order valence-electron chi connectivity index (χ1n) is 6.48. The Kier molecular flexibility index (Phi) is 5.09. The van der Waals surface area contributed by atoms with Crippen LogP contribution in [0, 0.1) is 5.82 Å². The van der Waals surface area contributed by atoms with E-state index in [0.29, 0.717) is 18.8 Å². The average Bonchev–Trinajstić information content (AvgIpc) is 2.44. The molecule has 0 atom stereocenters. The lowest BCUT2D eigenvalue weighted by atomic mass is 10.2. The van der Waals surface area contributed by atoms with Gasteiger partial charge in [0.2, 0.25) is 0 Å². The van der Waals surface area contributed by atoms with Gasteiger partial charge in [0.25, 0.3) is 0 Å². The molecule has 0 unspecified atom stereocenters. The van der Waals surface area contributed by atoms with Gasteiger partial charge in [0, 0.05) is 29.3 Å². The van der Waals surface area contributed by atoms with Crippen LogP contribution in [0.1, 0.15) is 12.5 Å². The molecule has 0 fully saturated rings. The molecule has 1 aromatic carbocycles. The Morgan fingerprint density at radius 1 is 1.35 bits per heavy atom. The second-order valence-corrected chi connectivity index (χ2v) is 5.28. The summed E-state index contributed by atoms with van der Waals surface area (Å²) in [5.74, 6) is 0.532. The zero-order chi connectivity index (χ0) is 14.5. The van der Waals surface area contributed by atoms with Crippen LogP contribution in [0.5, 0.6) is 0 Å². The van der Waals surface area contributed by atoms with Crippen molar-refractivity contribution in [3.8, 4) is 0 Å². The van der Waals surface area contributed by atoms with Gasteiger partial charge < -0.3 is 10.2 Å². The molecule has 1 N–H and O–H groups in total. The summed E-state index contributed by atoms with van der Waals surface area (Å²) >= 11 is 3.43. The lowest BCUT2D eigenvalue weighted by Crippen LogP contribution is -2.21. The number of anilines is 2. The Morgan fingerprint density at radius 2 is 2.10 bits per heavy atom. The van der Waals surface area contributed by atoms with E-state index in [1.807, 2.05) is 31.0 Å². The summed E-state index contributed by atoms with van der Waals surface area (Å²) < 4.78 is 14.9. The number of nitrogens with zero attached hydrogens (tertiary/aromatic N) is 2. The van der Waals surface area contributed by atoms with Gasteiger partial charge in [0.15, 0.2) is 0 Å². The van der Waals surface area contributed by atoms with Crippen molar-refractivity contribution in [1.29, 1.82) is 0 Å². The van der Waals surface area contributed by atoms with E-state index in [1.165, 1.54) is 6.07 Å². The molecule has 0 bridgehead atoms. The maximum Gasteiger partial charge on any atom is 0.146 e. The fourth-order valence-electron chi connectivity index (χ4n) is 2.14. The molecular weight excluding hydrogens is 321 g/mol. The van der Waals surface area contributed by atoms with Gasteiger partial charge in [-0.2, -0.15) is 0 Å². The summed E-state index contributed by atoms with van der Waals surface area (Å²) in [4.78, 5) is 6.34. The summed E-state index contributed by atoms with van der Waals surface area (Å²) in [5, 5.41) is 3.12. The van der Waals surface area contributed by atoms with Gasteiger partial charge in [-0.1, -0.05) is 12.1 Å². The highest BCUT2D eigenvalue weighted by Gasteiger charge is 2.16. The van der Waals surface area contributed by atoms with E-state index in [4.69, 9.17) is 0 Å². The van der Waals surface area contributed by atoms with E-state index >= 15 is 0 Å². The van der Waals surface area contributed by atoms with Crippen LogP contribution in [0.15, 0.2) is 41.0 Å². The molecule has 2 rings (SSSR count). The number of hydrogen-bond acceptors (Lipinski definition) is 3. The Hall–Kier alpha value is -1.46. The number of benzene rings is 1. The number of hydrogen-bond donors (Lipinski definition) is 1. The van der Waals surface area contributed by atoms with E-state index in [1.54, 1.807) is 18.3 Å². The van der Waals surface area contributed by atoms with Crippen molar-refractivity contribution in [2.24, 2.45) is 0 Å². The smallest absolute Gasteiger partial charge is 0.146 e. The standard InChI is InChI=1S/C15H17BrFN3/c1-3-20(14-7-5-4-6-13(14)17)15-11(9-18-2)8-12(16)10-19-15/h4-8,10,18H,3,9H2,1-2H3. The number of nitrogens with one attached hydrogen (secondary N) is 1. The molecule has 0 aliphatic carbocycles. The van der Waals surface area contributed by atoms with Crippen molar-refractivity contribution in [3.05, 3.63) is 52.4 Å². The quantitative estimate of drug-likeness (QED) is 0.897. The van der Waals surface area contributed by atoms with Gasteiger partial charge >= 0.3 is 0 Å². The van der Waals surface area contributed by atoms with E-state index in [-0.39, 0.29) is 5.82 Å². The van der Waals surface area contributed by atoms with Crippen molar-refractivity contribution in [2.45, 2.75) is 13.5 Å². The third-order valence-corrected chi connectivity index (χ3v) is 3.43. The molecule has 5 heteroatoms. The van der Waals surface area contributed by atoms with Crippen LogP contribution < -0.4 is 10.2 Å². The fourth-order valence-corrected chi connectivity index (χ4v) is 2.52. The molecule has 1 aromatic heterocycles. The normalized spacial score (nSPS) is 10.6. The minimum absolute atomic E-state index is 0.241. The summed E-state index contributed by atoms with van der Waals surface area (Å²) in [7, 11) is 1.88. The molecule has 106 valence electrons. The van der Waals surface area contributed by atoms with E-state index in [2.05, 4.69) is 26.2 Å². The molecule has 0 saturated carbocycles. The van der Waals surface area contributed by atoms with Crippen LogP contribution in [-0.4, -0.2) is 18.6 Å². The summed E-state index contributed by atoms with van der Waals surface area (Å²) in [5.41, 5.74) is 1.56. The maximum atomic E-state index is 14.0. The highest BCUT2D eigenvalue weighted by Crippen LogP contribution is 2.29. The van der Waals surface area contributed by atoms with Crippen molar-refractivity contribution in [1.82, 2.24) is 10.3 Å². The van der Waals surface area contributed by atoms with E-state index < -0.39 is 0 Å². The largest absolute Gasteiger partial charge is 0.324 e. The van der Waals surface area contributed by atoms with Gasteiger partial charge in [-0.15, -0.1) is 0 Å². The molecule has 0 saturated heterocycles. The average molecular weight is 338 g/mol. The number of aromatic nitrogens is 1. The van der Waals surface area contributed by atoms with Crippen LogP contribution in [0.4, 0.5) is 15.9 Å². The molecule has 0 radical (unpaired) electrons. The molecule has 0 amide bonds. The zero-order valence-corrected chi connectivity index (χ0v) is 13.1. The van der Waals surface area contributed by atoms with Crippen molar-refractivity contribution in [2.75, 3.05) is 18.5 Å². The SMILES string of the molecule is CCN(c1ccccc1F)c1ncc(Br)cc1CNC. The summed E-state index contributed by atoms with van der Waals surface area (Å²) in [6, 6.07) is 8.76. The summed E-state index contributed by atoms with van der Waals surface area (Å²) in [6.07, 6.45) is 1.73. The third-order valence-electron chi connectivity index (χ3n) is 2.99. The van der Waals surface area contributed by atoms with Gasteiger partial charge in [-0.25, -0.2) is 9.37 Å². The van der Waals surface area contributed by atoms with E-state index in [0.717, 1.165) is 15.9 Å². The van der Waals surface area contributed by atoms with Gasteiger partial charge in [0.1, 0.15) is 11.6 Å². The van der Waals surface area contributed by atoms with Gasteiger partial charge in [-0.05, 0) is 48.1 Å². The summed E-state index contributed by atoms with van der Waals surface area (Å²) in [6.45, 7) is 3.30. The minimum atomic E-state index is -0.241. The fraction of sp³-hybridized carbons (Fsp3) is 0.267. The molecular formula is C15H17BrFN3. The van der Waals surface area contributed by atoms with Crippen LogP contribution in [0.2, 0.25) is 0 Å². The molecule has 3 nitrogen and oxygen atoms in total. The monoisotopic (exact) mass is 337 g/mol. The first-order chi connectivity index (χ1) is 9.67. The zero-order valence-electron chi connectivity index (χ0n) is 11.5. The predicted molar refractivity (Wildman–Crippen MR) is 83.8 cm³/mol. The number of rotatable bonds is 5. The van der Waals surface area contributed by atoms with Crippen molar-refractivity contribution < 1.29 is 4.39 Å². The van der Waals surface area contributed by atoms with Crippen LogP contribution in [0.3, 0.4) is 0 Å². The Balaban J connectivity index is 2.49. The molecule has 2 aromatic rings. The Labute approximate surface area is 127 Å². The maximum absolute atomic E-state index is 14.0. The third kappa shape index (κ3) is 3.16. The van der Waals surface area contributed by atoms with Crippen LogP contribution in [-0.2, 0) is 6.54 Å². The number of para-hydroxylation sites is 1. The molecule has 20 heavy (non-hydrogen) atoms. The lowest BCUT2D eigenvalue weighted by Gasteiger charge is -2.25. The Morgan fingerprint density at radius 3 is 2.75 bits per heavy atom. The second-order valence-electron chi connectivity index (χ2n) is 4.36.